The van der Waals surface area contributed by atoms with Gasteiger partial charge in [-0.25, -0.2) is 4.98 Å². The normalized spacial score (nSPS) is 9.96. The first-order chi connectivity index (χ1) is 13.1. The van der Waals surface area contributed by atoms with Crippen molar-refractivity contribution in [3.63, 3.8) is 0 Å². The number of methoxy groups -OCH3 is 2. The molecule has 8 heteroatoms. The highest BCUT2D eigenvalue weighted by molar-refractivity contribution is 5.71. The summed E-state index contributed by atoms with van der Waals surface area (Å²) in [6, 6.07) is 14.5. The highest BCUT2D eigenvalue weighted by Gasteiger charge is 2.08. The lowest BCUT2D eigenvalue weighted by atomic mass is 10.2. The number of anilines is 5. The van der Waals surface area contributed by atoms with Gasteiger partial charge in [0.05, 0.1) is 37.7 Å². The van der Waals surface area contributed by atoms with Gasteiger partial charge in [-0.3, -0.25) is 0 Å². The number of aromatic nitrogens is 2. The molecule has 8 nitrogen and oxygen atoms in total. The molecule has 0 radical (unpaired) electrons. The van der Waals surface area contributed by atoms with Gasteiger partial charge in [0.2, 0.25) is 5.95 Å². The van der Waals surface area contributed by atoms with Gasteiger partial charge < -0.3 is 25.8 Å². The quantitative estimate of drug-likeness (QED) is 0.610. The van der Waals surface area contributed by atoms with Crippen molar-refractivity contribution in [3.8, 4) is 17.6 Å². The molecular weight excluding hydrogens is 344 g/mol. The summed E-state index contributed by atoms with van der Waals surface area (Å²) in [5.41, 5.74) is 8.32. The van der Waals surface area contributed by atoms with E-state index in [2.05, 4.69) is 26.7 Å². The number of hydrogen-bond donors (Lipinski definition) is 3. The number of ether oxygens (including phenoxy) is 2. The van der Waals surface area contributed by atoms with Gasteiger partial charge in [-0.15, -0.1) is 0 Å². The van der Waals surface area contributed by atoms with Crippen LogP contribution in [-0.4, -0.2) is 24.2 Å². The first kappa shape index (κ1) is 17.8. The molecule has 0 aliphatic carbocycles. The van der Waals surface area contributed by atoms with Crippen LogP contribution in [0.15, 0.2) is 48.7 Å². The van der Waals surface area contributed by atoms with Crippen molar-refractivity contribution in [2.45, 2.75) is 0 Å². The lowest BCUT2D eigenvalue weighted by Gasteiger charge is -2.13. The van der Waals surface area contributed by atoms with Crippen molar-refractivity contribution in [2.75, 3.05) is 30.6 Å². The lowest BCUT2D eigenvalue weighted by molar-refractivity contribution is 0.395. The van der Waals surface area contributed by atoms with Crippen molar-refractivity contribution in [2.24, 2.45) is 0 Å². The second-order valence-electron chi connectivity index (χ2n) is 5.54. The summed E-state index contributed by atoms with van der Waals surface area (Å²) < 4.78 is 10.5. The average molecular weight is 362 g/mol. The molecule has 0 saturated heterocycles. The van der Waals surface area contributed by atoms with Gasteiger partial charge in [-0.05, 0) is 18.2 Å². The zero-order valence-electron chi connectivity index (χ0n) is 14.9. The molecule has 0 amide bonds. The van der Waals surface area contributed by atoms with Gasteiger partial charge in [0.1, 0.15) is 11.5 Å². The molecule has 0 unspecified atom stereocenters. The number of nitriles is 1. The molecule has 3 rings (SSSR count). The van der Waals surface area contributed by atoms with Crippen molar-refractivity contribution < 1.29 is 9.47 Å². The fraction of sp³-hybridized carbons (Fsp3) is 0.105. The molecule has 0 spiro atoms. The predicted octanol–water partition coefficient (Wildman–Crippen LogP) is 3.43. The number of nitrogens with one attached hydrogen (secondary N) is 2. The van der Waals surface area contributed by atoms with Crippen molar-refractivity contribution in [1.29, 1.82) is 5.26 Å². The fourth-order valence-corrected chi connectivity index (χ4v) is 2.36. The van der Waals surface area contributed by atoms with E-state index in [4.69, 9.17) is 20.5 Å². The third kappa shape index (κ3) is 4.35. The maximum Gasteiger partial charge on any atom is 0.229 e. The zero-order chi connectivity index (χ0) is 19.2. The van der Waals surface area contributed by atoms with Gasteiger partial charge in [0.15, 0.2) is 5.82 Å². The Labute approximate surface area is 156 Å². The summed E-state index contributed by atoms with van der Waals surface area (Å²) >= 11 is 0. The molecule has 0 fully saturated rings. The van der Waals surface area contributed by atoms with Crippen LogP contribution in [0.3, 0.4) is 0 Å². The first-order valence-electron chi connectivity index (χ1n) is 8.01. The Balaban J connectivity index is 1.86. The summed E-state index contributed by atoms with van der Waals surface area (Å²) in [5, 5.41) is 15.2. The van der Waals surface area contributed by atoms with Gasteiger partial charge >= 0.3 is 0 Å². The zero-order valence-corrected chi connectivity index (χ0v) is 14.9. The molecule has 0 saturated carbocycles. The Morgan fingerprint density at radius 1 is 1.00 bits per heavy atom. The number of hydrogen-bond acceptors (Lipinski definition) is 8. The molecule has 27 heavy (non-hydrogen) atoms. The minimum absolute atomic E-state index is 0.344. The van der Waals surface area contributed by atoms with Gasteiger partial charge in [-0.1, -0.05) is 6.07 Å². The maximum absolute atomic E-state index is 9.00. The van der Waals surface area contributed by atoms with Crippen LogP contribution < -0.4 is 25.8 Å². The Bertz CT molecular complexity index is 977. The third-order valence-electron chi connectivity index (χ3n) is 3.68. The minimum Gasteiger partial charge on any atom is -0.497 e. The number of rotatable bonds is 6. The lowest BCUT2D eigenvalue weighted by Crippen LogP contribution is -2.04. The summed E-state index contributed by atoms with van der Waals surface area (Å²) in [4.78, 5) is 8.59. The fourth-order valence-electron chi connectivity index (χ4n) is 2.36. The first-order valence-corrected chi connectivity index (χ1v) is 8.01. The minimum atomic E-state index is 0.344. The topological polar surface area (TPSA) is 118 Å². The summed E-state index contributed by atoms with van der Waals surface area (Å²) in [7, 11) is 3.16. The van der Waals surface area contributed by atoms with E-state index in [0.29, 0.717) is 45.9 Å². The van der Waals surface area contributed by atoms with Crippen LogP contribution in [0, 0.1) is 11.3 Å². The van der Waals surface area contributed by atoms with E-state index >= 15 is 0 Å². The van der Waals surface area contributed by atoms with E-state index in [1.807, 2.05) is 6.07 Å². The number of nitrogens with two attached hydrogens (primary N) is 1. The second kappa shape index (κ2) is 7.93. The van der Waals surface area contributed by atoms with E-state index in [9.17, 15) is 0 Å². The second-order valence-corrected chi connectivity index (χ2v) is 5.54. The predicted molar refractivity (Wildman–Crippen MR) is 104 cm³/mol. The molecule has 4 N–H and O–H groups in total. The van der Waals surface area contributed by atoms with Gasteiger partial charge in [0, 0.05) is 29.6 Å². The van der Waals surface area contributed by atoms with Crippen molar-refractivity contribution >= 4 is 28.8 Å². The largest absolute Gasteiger partial charge is 0.497 e. The van der Waals surface area contributed by atoms with E-state index in [1.165, 1.54) is 6.20 Å². The highest BCUT2D eigenvalue weighted by atomic mass is 16.5. The average Bonchev–Trinajstić information content (AvgIpc) is 2.70. The van der Waals surface area contributed by atoms with Crippen LogP contribution in [0.25, 0.3) is 0 Å². The van der Waals surface area contributed by atoms with Gasteiger partial charge in [-0.2, -0.15) is 10.2 Å². The molecule has 136 valence electrons. The summed E-state index contributed by atoms with van der Waals surface area (Å²) in [6.45, 7) is 0. The molecule has 0 atom stereocenters. The molecule has 0 bridgehead atoms. The smallest absolute Gasteiger partial charge is 0.229 e. The Morgan fingerprint density at radius 3 is 2.41 bits per heavy atom. The SMILES string of the molecule is COc1cc(Nc2nc(Nc3cccc(C#N)c3)ncc2N)cc(OC)c1. The van der Waals surface area contributed by atoms with Crippen LogP contribution in [0.4, 0.5) is 28.8 Å². The number of nitrogens with zero attached hydrogens (tertiary/aromatic N) is 3. The standard InChI is InChI=1S/C19H18N6O2/c1-26-15-7-14(8-16(9-15)27-2)23-18-17(21)11-22-19(25-18)24-13-5-3-4-12(6-13)10-20/h3-9,11H,21H2,1-2H3,(H2,22,23,24,25). The van der Waals surface area contributed by atoms with Crippen LogP contribution in [0.1, 0.15) is 5.56 Å². The maximum atomic E-state index is 9.00. The Morgan fingerprint density at radius 2 is 1.74 bits per heavy atom. The monoisotopic (exact) mass is 362 g/mol. The Hall–Kier alpha value is -3.99. The molecule has 1 heterocycles. The van der Waals surface area contributed by atoms with Crippen molar-refractivity contribution in [3.05, 3.63) is 54.2 Å². The molecule has 0 aliphatic heterocycles. The van der Waals surface area contributed by atoms with Crippen LogP contribution in [0.2, 0.25) is 0 Å². The summed E-state index contributed by atoms with van der Waals surface area (Å²) in [6.07, 6.45) is 1.50. The number of nitrogen functional groups attached to an aromatic ring is 1. The molecular formula is C19H18N6O2. The molecule has 0 aliphatic rings. The summed E-state index contributed by atoms with van der Waals surface area (Å²) in [5.74, 6) is 2.04. The van der Waals surface area contributed by atoms with E-state index in [1.54, 1.807) is 50.6 Å². The van der Waals surface area contributed by atoms with Crippen LogP contribution in [0.5, 0.6) is 11.5 Å². The third-order valence-corrected chi connectivity index (χ3v) is 3.68. The van der Waals surface area contributed by atoms with Gasteiger partial charge in [0.25, 0.3) is 0 Å². The van der Waals surface area contributed by atoms with E-state index in [0.717, 1.165) is 0 Å². The van der Waals surface area contributed by atoms with E-state index in [-0.39, 0.29) is 0 Å². The van der Waals surface area contributed by atoms with Crippen LogP contribution >= 0.6 is 0 Å². The van der Waals surface area contributed by atoms with Crippen LogP contribution in [-0.2, 0) is 0 Å². The molecule has 2 aromatic carbocycles. The molecule has 3 aromatic rings. The number of benzene rings is 2. The van der Waals surface area contributed by atoms with Crippen molar-refractivity contribution in [1.82, 2.24) is 9.97 Å². The van der Waals surface area contributed by atoms with E-state index < -0.39 is 0 Å². The molecule has 1 aromatic heterocycles. The highest BCUT2D eigenvalue weighted by Crippen LogP contribution is 2.29. The Kier molecular flexibility index (Phi) is 5.23.